The molecule has 0 bridgehead atoms. The Labute approximate surface area is 369 Å². The maximum atomic E-state index is 13.1. The Balaban J connectivity index is 1.95. The molecule has 23 heteroatoms. The molecule has 2 rings (SSSR count). The van der Waals surface area contributed by atoms with Crippen LogP contribution in [0.3, 0.4) is 0 Å². The van der Waals surface area contributed by atoms with Gasteiger partial charge in [-0.05, 0) is 47.5 Å². The molecule has 0 aromatic carbocycles. The molecule has 0 saturated carbocycles. The Kier molecular flexibility index (Phi) is 22.3. The van der Waals surface area contributed by atoms with Gasteiger partial charge in [-0.3, -0.25) is 38.4 Å². The van der Waals surface area contributed by atoms with Gasteiger partial charge in [0, 0.05) is 67.7 Å². The smallest absolute Gasteiger partial charge is 0.410 e. The van der Waals surface area contributed by atoms with E-state index < -0.39 is 119 Å². The average Bonchev–Trinajstić information content (AvgIpc) is 3.12. The van der Waals surface area contributed by atoms with Gasteiger partial charge in [-0.1, -0.05) is 0 Å². The first-order chi connectivity index (χ1) is 28.9. The minimum absolute atomic E-state index is 0.147. The Morgan fingerprint density at radius 3 is 1.13 bits per heavy atom. The quantitative estimate of drug-likeness (QED) is 0.100. The molecule has 0 aromatic rings. The first-order valence-electron chi connectivity index (χ1n) is 20.0. The summed E-state index contributed by atoms with van der Waals surface area (Å²) in [6.45, 7) is 16.1. The van der Waals surface area contributed by atoms with E-state index in [1.165, 1.54) is 18.7 Å². The molecule has 2 aliphatic rings. The monoisotopic (exact) mass is 923 g/mol. The van der Waals surface area contributed by atoms with E-state index in [1.54, 1.807) is 34.6 Å². The van der Waals surface area contributed by atoms with Crippen molar-refractivity contribution in [1.29, 1.82) is 0 Å². The number of nitrogens with one attached hydrogen (secondary N) is 2. The number of nitrogens with zero attached hydrogens (tertiary/aromatic N) is 1. The van der Waals surface area contributed by atoms with Gasteiger partial charge in [0.15, 0.2) is 36.6 Å². The van der Waals surface area contributed by atoms with E-state index >= 15 is 0 Å². The summed E-state index contributed by atoms with van der Waals surface area (Å²) < 4.78 is 49.8. The molecule has 2 fully saturated rings. The molecule has 2 aliphatic heterocycles. The van der Waals surface area contributed by atoms with Crippen molar-refractivity contribution in [2.75, 3.05) is 37.7 Å². The number of hydrogen-bond acceptors (Lipinski definition) is 20. The number of carbonyl (C=O) groups is 9. The molecule has 21 nitrogen and oxygen atoms in total. The summed E-state index contributed by atoms with van der Waals surface area (Å²) in [6, 6.07) is 0. The summed E-state index contributed by atoms with van der Waals surface area (Å²) in [5.41, 5.74) is -2.71. The zero-order valence-electron chi connectivity index (χ0n) is 37.0. The van der Waals surface area contributed by atoms with Gasteiger partial charge in [0.1, 0.15) is 16.5 Å². The highest BCUT2D eigenvalue weighted by Gasteiger charge is 2.52. The van der Waals surface area contributed by atoms with Crippen molar-refractivity contribution in [2.45, 2.75) is 154 Å². The van der Waals surface area contributed by atoms with Crippen LogP contribution in [0.2, 0.25) is 0 Å². The molecule has 0 spiro atoms. The lowest BCUT2D eigenvalue weighted by Gasteiger charge is -2.43. The van der Waals surface area contributed by atoms with Crippen LogP contribution in [0.25, 0.3) is 0 Å². The van der Waals surface area contributed by atoms with E-state index in [0.29, 0.717) is 12.8 Å². The van der Waals surface area contributed by atoms with Crippen LogP contribution in [-0.2, 0) is 81.0 Å². The van der Waals surface area contributed by atoms with Crippen molar-refractivity contribution >= 4 is 77.2 Å². The van der Waals surface area contributed by atoms with Gasteiger partial charge in [0.05, 0.1) is 23.7 Å². The van der Waals surface area contributed by atoms with Gasteiger partial charge in [0.25, 0.3) is 0 Å². The summed E-state index contributed by atoms with van der Waals surface area (Å²) in [5.74, 6) is -5.23. The van der Waals surface area contributed by atoms with Crippen molar-refractivity contribution in [1.82, 2.24) is 15.5 Å². The minimum Gasteiger partial charge on any atom is -0.456 e. The van der Waals surface area contributed by atoms with Crippen LogP contribution in [-0.4, -0.2) is 162 Å². The van der Waals surface area contributed by atoms with E-state index in [0.717, 1.165) is 51.2 Å². The zero-order chi connectivity index (χ0) is 46.9. The predicted octanol–water partition coefficient (Wildman–Crippen LogP) is 1.78. The van der Waals surface area contributed by atoms with Crippen LogP contribution >= 0.6 is 23.5 Å². The van der Waals surface area contributed by atoms with E-state index in [2.05, 4.69) is 10.6 Å². The van der Waals surface area contributed by atoms with E-state index in [1.807, 2.05) is 0 Å². The topological polar surface area (TPSA) is 264 Å². The number of esters is 6. The normalized spacial score (nSPS) is 25.8. The standard InChI is InChI=1S/C39H61N3O18S2/c1-20-30(54-22(3)43)32(56-24(5)45)34(58-26(7)47)36(52-20)61-18-28(49)40-14-12-16-42(38(51)60-39(9,10)11)17-13-15-41-29(50)19-62-37-35(59-27(8)48)33(57-25(6)46)31(21(2)53-37)55-23(4)44/h20-21,30-37H,12-19H2,1-11H3,(H,40,49)(H,41,50)/t20-,21-,30-,31-,32+,33+,34+,35+,36-,37-/m0/s1. The van der Waals surface area contributed by atoms with Crippen LogP contribution in [0.5, 0.6) is 0 Å². The first-order valence-corrected chi connectivity index (χ1v) is 22.1. The maximum Gasteiger partial charge on any atom is 0.410 e. The lowest BCUT2D eigenvalue weighted by Crippen LogP contribution is -2.59. The molecule has 10 atom stereocenters. The molecule has 352 valence electrons. The second kappa shape index (κ2) is 25.7. The molecule has 2 N–H and O–H groups in total. The van der Waals surface area contributed by atoms with Gasteiger partial charge >= 0.3 is 41.9 Å². The zero-order valence-corrected chi connectivity index (χ0v) is 38.7. The highest BCUT2D eigenvalue weighted by Crippen LogP contribution is 2.35. The van der Waals surface area contributed by atoms with Crippen molar-refractivity contribution in [3.63, 3.8) is 0 Å². The van der Waals surface area contributed by atoms with Gasteiger partial charge in [-0.15, -0.1) is 23.5 Å². The second-order valence-electron chi connectivity index (χ2n) is 15.4. The lowest BCUT2D eigenvalue weighted by molar-refractivity contribution is -0.229. The van der Waals surface area contributed by atoms with Gasteiger partial charge in [-0.25, -0.2) is 4.79 Å². The van der Waals surface area contributed by atoms with E-state index in [-0.39, 0.29) is 37.7 Å². The minimum atomic E-state index is -1.19. The van der Waals surface area contributed by atoms with Crippen LogP contribution in [0.4, 0.5) is 4.79 Å². The predicted molar refractivity (Wildman–Crippen MR) is 220 cm³/mol. The Hall–Kier alpha value is -4.35. The summed E-state index contributed by atoms with van der Waals surface area (Å²) in [5, 5.41) is 5.54. The summed E-state index contributed by atoms with van der Waals surface area (Å²) in [4.78, 5) is 112. The molecular weight excluding hydrogens is 863 g/mol. The molecule has 0 unspecified atom stereocenters. The van der Waals surface area contributed by atoms with E-state index in [9.17, 15) is 43.2 Å². The van der Waals surface area contributed by atoms with Crippen LogP contribution in [0, 0.1) is 0 Å². The Bertz CT molecular complexity index is 1490. The summed E-state index contributed by atoms with van der Waals surface area (Å²) >= 11 is 1.99. The average molecular weight is 924 g/mol. The third-order valence-corrected chi connectivity index (χ3v) is 10.8. The molecule has 0 aliphatic carbocycles. The van der Waals surface area contributed by atoms with Crippen molar-refractivity contribution in [2.24, 2.45) is 0 Å². The maximum absolute atomic E-state index is 13.1. The largest absolute Gasteiger partial charge is 0.456 e. The third kappa shape index (κ3) is 19.4. The molecule has 0 aromatic heterocycles. The van der Waals surface area contributed by atoms with Crippen LogP contribution in [0.15, 0.2) is 0 Å². The summed E-state index contributed by atoms with van der Waals surface area (Å²) in [7, 11) is 0. The van der Waals surface area contributed by atoms with Crippen molar-refractivity contribution in [3.8, 4) is 0 Å². The molecule has 3 amide bonds. The molecule has 0 radical (unpaired) electrons. The Morgan fingerprint density at radius 1 is 0.516 bits per heavy atom. The number of amides is 3. The number of hydrogen-bond donors (Lipinski definition) is 2. The highest BCUT2D eigenvalue weighted by molar-refractivity contribution is 8.00. The third-order valence-electron chi connectivity index (χ3n) is 8.53. The lowest BCUT2D eigenvalue weighted by atomic mass is 10.00. The van der Waals surface area contributed by atoms with Crippen LogP contribution in [0.1, 0.15) is 89.0 Å². The number of thioether (sulfide) groups is 2. The molecular formula is C39H61N3O18S2. The fourth-order valence-electron chi connectivity index (χ4n) is 6.24. The Morgan fingerprint density at radius 2 is 0.823 bits per heavy atom. The van der Waals surface area contributed by atoms with Gasteiger partial charge in [0.2, 0.25) is 11.8 Å². The SMILES string of the molecule is CC(=O)O[C@@H]1[C@@H](OC(C)=O)[C@H](C)O[C@@H](SCC(=O)NCCCN(CCCNC(=O)CS[C@@H]2O[C@@H](C)[C@H](OC(C)=O)[C@@H](OC(C)=O)[C@H]2OC(C)=O)C(=O)OC(C)(C)C)[C@@H]1OC(C)=O. The van der Waals surface area contributed by atoms with Crippen molar-refractivity contribution < 1.29 is 85.8 Å². The number of ether oxygens (including phenoxy) is 9. The number of carbonyl (C=O) groups excluding carboxylic acids is 9. The fraction of sp³-hybridized carbons (Fsp3) is 0.769. The van der Waals surface area contributed by atoms with Crippen LogP contribution < -0.4 is 10.6 Å². The van der Waals surface area contributed by atoms with Crippen molar-refractivity contribution in [3.05, 3.63) is 0 Å². The molecule has 2 heterocycles. The second-order valence-corrected chi connectivity index (χ2v) is 17.5. The summed E-state index contributed by atoms with van der Waals surface area (Å²) in [6.07, 6.45) is -8.40. The first kappa shape index (κ1) is 53.8. The molecule has 2 saturated heterocycles. The van der Waals surface area contributed by atoms with Gasteiger partial charge < -0.3 is 58.2 Å². The van der Waals surface area contributed by atoms with Gasteiger partial charge in [-0.2, -0.15) is 0 Å². The molecule has 62 heavy (non-hydrogen) atoms. The number of rotatable bonds is 20. The highest BCUT2D eigenvalue weighted by atomic mass is 32.2. The fourth-order valence-corrected chi connectivity index (χ4v) is 8.39. The van der Waals surface area contributed by atoms with E-state index in [4.69, 9.17) is 42.6 Å².